The lowest BCUT2D eigenvalue weighted by atomic mass is 10.00. The molecule has 7 heteroatoms. The van der Waals surface area contributed by atoms with Crippen molar-refractivity contribution < 1.29 is 14.3 Å². The van der Waals surface area contributed by atoms with E-state index in [9.17, 15) is 4.79 Å². The van der Waals surface area contributed by atoms with Crippen LogP contribution in [-0.4, -0.2) is 38.9 Å². The van der Waals surface area contributed by atoms with Crippen molar-refractivity contribution in [3.05, 3.63) is 54.2 Å². The van der Waals surface area contributed by atoms with E-state index >= 15 is 0 Å². The van der Waals surface area contributed by atoms with Crippen LogP contribution in [0.3, 0.4) is 0 Å². The molecular weight excluding hydrogens is 368 g/mol. The number of fused-ring (bicyclic) bond motifs is 1. The Kier molecular flexibility index (Phi) is 5.37. The average Bonchev–Trinajstić information content (AvgIpc) is 3.12. The van der Waals surface area contributed by atoms with Crippen LogP contribution in [0.15, 0.2) is 53.8 Å². The summed E-state index contributed by atoms with van der Waals surface area (Å²) < 4.78 is 11.1. The lowest BCUT2D eigenvalue weighted by Gasteiger charge is -2.23. The first-order chi connectivity index (χ1) is 14.2. The van der Waals surface area contributed by atoms with E-state index in [1.165, 1.54) is 0 Å². The second-order valence-corrected chi connectivity index (χ2v) is 6.94. The molecule has 1 unspecified atom stereocenters. The average molecular weight is 392 g/mol. The van der Waals surface area contributed by atoms with E-state index in [0.29, 0.717) is 13.2 Å². The maximum atomic E-state index is 13.0. The minimum atomic E-state index is -0.266. The van der Waals surface area contributed by atoms with E-state index < -0.39 is 0 Å². The van der Waals surface area contributed by atoms with Gasteiger partial charge in [0.1, 0.15) is 17.5 Å². The number of rotatable bonds is 6. The van der Waals surface area contributed by atoms with E-state index in [0.717, 1.165) is 46.9 Å². The number of hydrazone groups is 1. The summed E-state index contributed by atoms with van der Waals surface area (Å²) in [5.74, 6) is 1.59. The van der Waals surface area contributed by atoms with Gasteiger partial charge in [0, 0.05) is 55.0 Å². The fraction of sp³-hybridized carbons (Fsp3) is 0.273. The molecule has 1 saturated heterocycles. The van der Waals surface area contributed by atoms with Crippen LogP contribution in [0.25, 0.3) is 5.57 Å². The highest BCUT2D eigenvalue weighted by Gasteiger charge is 2.33. The zero-order valence-corrected chi connectivity index (χ0v) is 16.4. The number of hydrogen-bond acceptors (Lipinski definition) is 6. The second-order valence-electron chi connectivity index (χ2n) is 6.94. The molecule has 2 heterocycles. The Balaban J connectivity index is 1.51. The standard InChI is InChI=1S/C22H24N4O3/c1-23-24-14-15-9-11-29-21-13-17(6-7-19(15)21)26-10-8-20(22(26)27)25-16-4-3-5-18(12-16)28-2/h3-7,12-14,20,24-25H,1,8-11H2,2H3/b15-14+. The summed E-state index contributed by atoms with van der Waals surface area (Å²) >= 11 is 0. The maximum absolute atomic E-state index is 13.0. The topological polar surface area (TPSA) is 75.2 Å². The number of carbonyl (C=O) groups excluding carboxylic acids is 1. The lowest BCUT2D eigenvalue weighted by molar-refractivity contribution is -0.117. The van der Waals surface area contributed by atoms with Crippen LogP contribution in [0.1, 0.15) is 18.4 Å². The number of nitrogens with zero attached hydrogens (tertiary/aromatic N) is 2. The van der Waals surface area contributed by atoms with Gasteiger partial charge < -0.3 is 19.7 Å². The Morgan fingerprint density at radius 1 is 1.31 bits per heavy atom. The molecular formula is C22H24N4O3. The molecule has 4 rings (SSSR count). The highest BCUT2D eigenvalue weighted by Crippen LogP contribution is 2.36. The predicted molar refractivity (Wildman–Crippen MR) is 115 cm³/mol. The number of ether oxygens (including phenoxy) is 2. The molecule has 2 N–H and O–H groups in total. The van der Waals surface area contributed by atoms with Gasteiger partial charge in [-0.15, -0.1) is 0 Å². The van der Waals surface area contributed by atoms with Crippen LogP contribution in [0.5, 0.6) is 11.5 Å². The van der Waals surface area contributed by atoms with Crippen LogP contribution < -0.4 is 25.1 Å². The number of amides is 1. The molecule has 2 aromatic rings. The second kappa shape index (κ2) is 8.26. The third kappa shape index (κ3) is 3.89. The number of methoxy groups -OCH3 is 1. The Morgan fingerprint density at radius 3 is 3.03 bits per heavy atom. The monoisotopic (exact) mass is 392 g/mol. The summed E-state index contributed by atoms with van der Waals surface area (Å²) in [6.07, 6.45) is 3.36. The molecule has 2 aliphatic heterocycles. The summed E-state index contributed by atoms with van der Waals surface area (Å²) in [7, 11) is 1.63. The molecule has 0 bridgehead atoms. The molecule has 2 aromatic carbocycles. The maximum Gasteiger partial charge on any atom is 0.249 e. The highest BCUT2D eigenvalue weighted by molar-refractivity contribution is 6.01. The van der Waals surface area contributed by atoms with E-state index in [4.69, 9.17) is 9.47 Å². The van der Waals surface area contributed by atoms with Gasteiger partial charge in [-0.1, -0.05) is 6.07 Å². The van der Waals surface area contributed by atoms with Gasteiger partial charge in [0.05, 0.1) is 13.7 Å². The first-order valence-electron chi connectivity index (χ1n) is 9.59. The summed E-state index contributed by atoms with van der Waals surface area (Å²) in [6.45, 7) is 4.68. The van der Waals surface area contributed by atoms with Crippen molar-refractivity contribution in [1.82, 2.24) is 5.43 Å². The zero-order valence-electron chi connectivity index (χ0n) is 16.4. The minimum absolute atomic E-state index is 0.0527. The fourth-order valence-electron chi connectivity index (χ4n) is 3.73. The first-order valence-corrected chi connectivity index (χ1v) is 9.59. The summed E-state index contributed by atoms with van der Waals surface area (Å²) in [5.41, 5.74) is 6.62. The molecule has 0 aromatic heterocycles. The van der Waals surface area contributed by atoms with Gasteiger partial charge in [-0.05, 0) is 36.3 Å². The molecule has 29 heavy (non-hydrogen) atoms. The number of benzene rings is 2. The molecule has 1 atom stereocenters. The van der Waals surface area contributed by atoms with Gasteiger partial charge in [-0.2, -0.15) is 5.10 Å². The Hall–Kier alpha value is -3.48. The molecule has 0 saturated carbocycles. The number of nitrogens with one attached hydrogen (secondary N) is 2. The van der Waals surface area contributed by atoms with Crippen molar-refractivity contribution in [3.8, 4) is 11.5 Å². The molecule has 1 fully saturated rings. The summed E-state index contributed by atoms with van der Waals surface area (Å²) in [4.78, 5) is 14.8. The van der Waals surface area contributed by atoms with Crippen molar-refractivity contribution in [1.29, 1.82) is 0 Å². The van der Waals surface area contributed by atoms with E-state index in [-0.39, 0.29) is 11.9 Å². The van der Waals surface area contributed by atoms with E-state index in [1.807, 2.05) is 53.6 Å². The highest BCUT2D eigenvalue weighted by atomic mass is 16.5. The van der Waals surface area contributed by atoms with Crippen molar-refractivity contribution in [2.45, 2.75) is 18.9 Å². The minimum Gasteiger partial charge on any atom is -0.497 e. The van der Waals surface area contributed by atoms with Crippen molar-refractivity contribution >= 4 is 29.6 Å². The first kappa shape index (κ1) is 18.9. The third-order valence-electron chi connectivity index (χ3n) is 5.20. The van der Waals surface area contributed by atoms with Crippen LogP contribution in [0, 0.1) is 0 Å². The molecule has 150 valence electrons. The van der Waals surface area contributed by atoms with Gasteiger partial charge in [-0.3, -0.25) is 10.2 Å². The van der Waals surface area contributed by atoms with Gasteiger partial charge in [-0.25, -0.2) is 0 Å². The Bertz CT molecular complexity index is 957. The third-order valence-corrected chi connectivity index (χ3v) is 5.20. The quantitative estimate of drug-likeness (QED) is 0.583. The van der Waals surface area contributed by atoms with Crippen LogP contribution in [-0.2, 0) is 4.79 Å². The van der Waals surface area contributed by atoms with Crippen molar-refractivity contribution in [2.24, 2.45) is 5.10 Å². The summed E-state index contributed by atoms with van der Waals surface area (Å²) in [6, 6.07) is 13.2. The van der Waals surface area contributed by atoms with Gasteiger partial charge in [0.2, 0.25) is 5.91 Å². The fourth-order valence-corrected chi connectivity index (χ4v) is 3.73. The molecule has 0 aliphatic carbocycles. The van der Waals surface area contributed by atoms with E-state index in [2.05, 4.69) is 22.6 Å². The van der Waals surface area contributed by atoms with Gasteiger partial charge in [0.15, 0.2) is 0 Å². The normalized spacial score (nSPS) is 19.5. The smallest absolute Gasteiger partial charge is 0.249 e. The lowest BCUT2D eigenvalue weighted by Crippen LogP contribution is -2.33. The van der Waals surface area contributed by atoms with E-state index in [1.54, 1.807) is 7.11 Å². The van der Waals surface area contributed by atoms with Crippen molar-refractivity contribution in [3.63, 3.8) is 0 Å². The SMILES string of the molecule is C=NN/C=C1\CCOc2cc(N3CCC(Nc4cccc(OC)c4)C3=O)ccc21. The van der Waals surface area contributed by atoms with Crippen LogP contribution >= 0.6 is 0 Å². The van der Waals surface area contributed by atoms with Crippen molar-refractivity contribution in [2.75, 3.05) is 30.5 Å². The molecule has 1 amide bonds. The summed E-state index contributed by atoms with van der Waals surface area (Å²) in [5, 5.41) is 6.98. The Labute approximate surface area is 170 Å². The molecule has 0 spiro atoms. The van der Waals surface area contributed by atoms with Gasteiger partial charge >= 0.3 is 0 Å². The zero-order chi connectivity index (χ0) is 20.2. The van der Waals surface area contributed by atoms with Crippen LogP contribution in [0.4, 0.5) is 11.4 Å². The molecule has 2 aliphatic rings. The van der Waals surface area contributed by atoms with Gasteiger partial charge in [0.25, 0.3) is 0 Å². The number of anilines is 2. The predicted octanol–water partition coefficient (Wildman–Crippen LogP) is 3.24. The van der Waals surface area contributed by atoms with Crippen LogP contribution in [0.2, 0.25) is 0 Å². The number of carbonyl (C=O) groups is 1. The number of hydrogen-bond donors (Lipinski definition) is 2. The molecule has 7 nitrogen and oxygen atoms in total. The molecule has 0 radical (unpaired) electrons. The largest absolute Gasteiger partial charge is 0.497 e. The Morgan fingerprint density at radius 2 is 2.21 bits per heavy atom.